The van der Waals surface area contributed by atoms with E-state index in [4.69, 9.17) is 46.8 Å². The van der Waals surface area contributed by atoms with Gasteiger partial charge in [0.25, 0.3) is 0 Å². The first-order valence-corrected chi connectivity index (χ1v) is 28.6. The Labute approximate surface area is 487 Å². The third-order valence-electron chi connectivity index (χ3n) is 16.1. The highest BCUT2D eigenvalue weighted by Crippen LogP contribution is 2.38. The highest BCUT2D eigenvalue weighted by molar-refractivity contribution is 6.62. The number of pyridine rings is 2. The van der Waals surface area contributed by atoms with Gasteiger partial charge < -0.3 is 70.5 Å². The van der Waals surface area contributed by atoms with Crippen molar-refractivity contribution in [2.75, 3.05) is 111 Å². The molecule has 25 heteroatoms. The number of nitrogens with two attached hydrogens (primary N) is 2. The van der Waals surface area contributed by atoms with E-state index in [1.165, 1.54) is 4.90 Å². The van der Waals surface area contributed by atoms with Crippen LogP contribution in [0.15, 0.2) is 73.1 Å². The van der Waals surface area contributed by atoms with Gasteiger partial charge in [0, 0.05) is 75.2 Å². The second-order valence-electron chi connectivity index (χ2n) is 22.7. The first-order chi connectivity index (χ1) is 39.5. The van der Waals surface area contributed by atoms with Gasteiger partial charge in [0.1, 0.15) is 11.6 Å². The number of benzene rings is 2. The van der Waals surface area contributed by atoms with Crippen molar-refractivity contribution in [2.45, 2.75) is 91.5 Å². The minimum absolute atomic E-state index is 0.0342. The average molecular weight is 1170 g/mol. The van der Waals surface area contributed by atoms with Crippen molar-refractivity contribution in [3.8, 4) is 33.9 Å². The van der Waals surface area contributed by atoms with Crippen LogP contribution in [0.2, 0.25) is 5.02 Å². The first-order valence-electron chi connectivity index (χ1n) is 28.2. The van der Waals surface area contributed by atoms with Crippen LogP contribution < -0.4 is 37.4 Å². The van der Waals surface area contributed by atoms with E-state index in [1.807, 2.05) is 75.9 Å². The van der Waals surface area contributed by atoms with Crippen LogP contribution in [0.1, 0.15) is 71.4 Å². The summed E-state index contributed by atoms with van der Waals surface area (Å²) < 4.78 is 60.8. The van der Waals surface area contributed by atoms with Gasteiger partial charge >= 0.3 is 25.4 Å². The molecule has 11 rings (SSSR count). The zero-order valence-corrected chi connectivity index (χ0v) is 48.9. The maximum atomic E-state index is 12.9. The molecule has 0 bridgehead atoms. The van der Waals surface area contributed by atoms with E-state index in [0.29, 0.717) is 67.9 Å². The number of urea groups is 2. The number of anilines is 6. The van der Waals surface area contributed by atoms with Crippen LogP contribution in [0, 0.1) is 25.7 Å². The molecular weight excluding hydrogens is 1090 g/mol. The summed E-state index contributed by atoms with van der Waals surface area (Å²) in [4.78, 5) is 56.8. The zero-order chi connectivity index (χ0) is 59.2. The summed E-state index contributed by atoms with van der Waals surface area (Å²) in [6.07, 6.45) is 0.839. The monoisotopic (exact) mass is 1170 g/mol. The summed E-state index contributed by atoms with van der Waals surface area (Å²) in [5.41, 5.74) is 19.8. The summed E-state index contributed by atoms with van der Waals surface area (Å²) in [7, 11) is -0.556. The molecule has 5 fully saturated rings. The Hall–Kier alpha value is -7.12. The number of morpholine rings is 2. The summed E-state index contributed by atoms with van der Waals surface area (Å²) in [5.74, 6) is 2.50. The SMILES string of the molecule is CC[C@@H]1CCN(C(=O)Nc2ccc(C)c(-c3cc(-c4cnc(N)[nH]4)nc(N4CCOCC4)c3)c2)C1.Cc1ccc(NC(=O)N2CC[C@@H](CC(F)(F)F)C2)cc1B1OC(C)(C)C(C)(C)O1.Nc1ncc(-c2cc(Cl)cc(N3CCOCC3)n2)[nH]1. The molecule has 8 N–H and O–H groups in total. The molecule has 9 heterocycles. The highest BCUT2D eigenvalue weighted by atomic mass is 35.5. The quantitative estimate of drug-likeness (QED) is 0.0700. The molecule has 83 heavy (non-hydrogen) atoms. The number of carbonyl (C=O) groups excluding carboxylic acids is 2. The van der Waals surface area contributed by atoms with Gasteiger partial charge in [-0.05, 0) is 137 Å². The molecule has 0 unspecified atom stereocenters. The van der Waals surface area contributed by atoms with E-state index < -0.39 is 42.9 Å². The maximum Gasteiger partial charge on any atom is 0.495 e. The molecule has 2 atom stereocenters. The van der Waals surface area contributed by atoms with Crippen LogP contribution in [0.25, 0.3) is 33.9 Å². The van der Waals surface area contributed by atoms with Crippen LogP contribution in [0.4, 0.5) is 57.7 Å². The molecule has 20 nitrogen and oxygen atoms in total. The number of aromatic nitrogens is 6. The van der Waals surface area contributed by atoms with Gasteiger partial charge in [-0.3, -0.25) is 0 Å². The van der Waals surface area contributed by atoms with E-state index >= 15 is 0 Å². The Balaban J connectivity index is 0.000000156. The number of alkyl halides is 3. The Bertz CT molecular complexity index is 3210. The fourth-order valence-corrected chi connectivity index (χ4v) is 10.7. The number of likely N-dealkylation sites (tertiary alicyclic amines) is 2. The number of rotatable bonds is 10. The minimum atomic E-state index is -4.20. The van der Waals surface area contributed by atoms with Gasteiger partial charge in [0.2, 0.25) is 0 Å². The van der Waals surface area contributed by atoms with Gasteiger partial charge in [-0.1, -0.05) is 42.6 Å². The Morgan fingerprint density at radius 3 is 1.70 bits per heavy atom. The predicted molar refractivity (Wildman–Crippen MR) is 319 cm³/mol. The average Bonchev–Trinajstić information content (AvgIpc) is 4.19. The van der Waals surface area contributed by atoms with Gasteiger partial charge in [-0.2, -0.15) is 13.2 Å². The molecule has 5 aliphatic rings. The number of carbonyl (C=O) groups is 2. The zero-order valence-electron chi connectivity index (χ0n) is 48.2. The lowest BCUT2D eigenvalue weighted by atomic mass is 9.76. The minimum Gasteiger partial charge on any atom is -0.399 e. The van der Waals surface area contributed by atoms with Crippen LogP contribution in [-0.2, 0) is 18.8 Å². The molecule has 5 saturated heterocycles. The number of nitrogens with zero attached hydrogens (tertiary/aromatic N) is 8. The molecule has 5 aliphatic heterocycles. The maximum absolute atomic E-state index is 12.9. The Morgan fingerprint density at radius 2 is 1.19 bits per heavy atom. The second kappa shape index (κ2) is 25.8. The number of imidazole rings is 2. The fraction of sp³-hybridized carbons (Fsp3) is 0.483. The van der Waals surface area contributed by atoms with E-state index in [0.717, 1.165) is 120 Å². The predicted octanol–water partition coefficient (Wildman–Crippen LogP) is 9.77. The third-order valence-corrected chi connectivity index (χ3v) is 16.3. The number of aryl methyl sites for hydroxylation is 2. The van der Waals surface area contributed by atoms with Crippen LogP contribution in [0.3, 0.4) is 0 Å². The molecule has 6 aromatic rings. The summed E-state index contributed by atoms with van der Waals surface area (Å²) in [6, 6.07) is 18.9. The number of H-pyrrole nitrogens is 2. The molecule has 0 saturated carbocycles. The first kappa shape index (κ1) is 60.5. The highest BCUT2D eigenvalue weighted by Gasteiger charge is 2.52. The molecular formula is C58H75BClF3N14O6. The van der Waals surface area contributed by atoms with Crippen molar-refractivity contribution in [3.63, 3.8) is 0 Å². The molecule has 444 valence electrons. The molecule has 0 spiro atoms. The Kier molecular flexibility index (Phi) is 18.8. The van der Waals surface area contributed by atoms with E-state index in [2.05, 4.69) is 65.3 Å². The van der Waals surface area contributed by atoms with Crippen molar-refractivity contribution >= 4 is 71.2 Å². The standard InChI is InChI=1S/C26H33N7O2.C20H28BF3N2O3.C12H14ClN5O/c1-3-18-6-7-33(16-18)26(34)29-20-5-4-17(2)21(14-20)19-12-22(23-15-28-25(27)31-23)30-24(13-19)32-8-10-35-11-9-32;1-13-6-7-15(10-16(13)21-28-18(2,3)19(4,5)29-21)25-17(27)26-9-8-14(12-26)11-20(22,23)24;13-8-5-9(10-7-15-12(14)17-10)16-11(6-8)18-1-3-19-4-2-18/h4-5,12-15,18H,3,6-11,16H2,1-2H3,(H,29,34)(H3,27,28,31);6-7,10,14H,8-9,11-12H2,1-5H3,(H,25,27);5-7H,1-4H2,(H3,14,15,17)/t18-;14-;/m10./s1. The number of amides is 4. The van der Waals surface area contributed by atoms with Crippen LogP contribution >= 0.6 is 11.6 Å². The smallest absolute Gasteiger partial charge is 0.399 e. The van der Waals surface area contributed by atoms with Gasteiger partial charge in [0.15, 0.2) is 11.9 Å². The van der Waals surface area contributed by atoms with Crippen molar-refractivity contribution < 1.29 is 41.5 Å². The number of nitrogens with one attached hydrogen (secondary N) is 4. The number of hydrogen-bond acceptors (Lipinski definition) is 14. The van der Waals surface area contributed by atoms with Crippen molar-refractivity contribution in [3.05, 3.63) is 89.2 Å². The number of halogens is 4. The van der Waals surface area contributed by atoms with Gasteiger partial charge in [-0.15, -0.1) is 0 Å². The summed E-state index contributed by atoms with van der Waals surface area (Å²) >= 11 is 6.16. The van der Waals surface area contributed by atoms with Crippen molar-refractivity contribution in [1.82, 2.24) is 39.7 Å². The number of aromatic amines is 2. The largest absolute Gasteiger partial charge is 0.495 e. The van der Waals surface area contributed by atoms with Gasteiger partial charge in [0.05, 0.1) is 72.8 Å². The lowest BCUT2D eigenvalue weighted by Crippen LogP contribution is -2.41. The van der Waals surface area contributed by atoms with E-state index in [-0.39, 0.29) is 12.6 Å². The molecule has 4 amide bonds. The molecule has 0 aliphatic carbocycles. The third kappa shape index (κ3) is 15.4. The van der Waals surface area contributed by atoms with E-state index in [9.17, 15) is 22.8 Å². The number of ether oxygens (including phenoxy) is 2. The summed E-state index contributed by atoms with van der Waals surface area (Å²) in [6.45, 7) is 22.1. The normalized spacial score (nSPS) is 19.5. The lowest BCUT2D eigenvalue weighted by Gasteiger charge is -2.32. The van der Waals surface area contributed by atoms with Crippen molar-refractivity contribution in [1.29, 1.82) is 0 Å². The van der Waals surface area contributed by atoms with Crippen LogP contribution in [0.5, 0.6) is 0 Å². The van der Waals surface area contributed by atoms with Gasteiger partial charge in [-0.25, -0.2) is 29.5 Å². The van der Waals surface area contributed by atoms with Crippen molar-refractivity contribution in [2.24, 2.45) is 11.8 Å². The molecule has 2 aromatic carbocycles. The number of hydrogen-bond donors (Lipinski definition) is 6. The number of nitrogen functional groups attached to an aromatic ring is 2. The van der Waals surface area contributed by atoms with Crippen LogP contribution in [-0.4, -0.2) is 155 Å². The summed E-state index contributed by atoms with van der Waals surface area (Å²) in [5, 5.41) is 6.54. The Morgan fingerprint density at radius 1 is 0.699 bits per heavy atom. The fourth-order valence-electron chi connectivity index (χ4n) is 10.5. The van der Waals surface area contributed by atoms with E-state index in [1.54, 1.807) is 30.6 Å². The second-order valence-corrected chi connectivity index (χ2v) is 23.1. The lowest BCUT2D eigenvalue weighted by molar-refractivity contribution is -0.143. The topological polar surface area (TPSA) is 243 Å². The molecule has 0 radical (unpaired) electrons. The molecule has 4 aromatic heterocycles.